The van der Waals surface area contributed by atoms with Crippen LogP contribution < -0.4 is 10.2 Å². The van der Waals surface area contributed by atoms with Gasteiger partial charge in [0.1, 0.15) is 0 Å². The average Bonchev–Trinajstić information content (AvgIpc) is 3.07. The minimum atomic E-state index is -0.260. The van der Waals surface area contributed by atoms with Crippen LogP contribution in [0, 0.1) is 5.92 Å². The zero-order valence-corrected chi connectivity index (χ0v) is 15.3. The quantitative estimate of drug-likeness (QED) is 0.779. The average molecular weight is 350 g/mol. The summed E-state index contributed by atoms with van der Waals surface area (Å²) in [6, 6.07) is 18.2. The van der Waals surface area contributed by atoms with E-state index in [9.17, 15) is 9.59 Å². The molecule has 1 aliphatic rings. The van der Waals surface area contributed by atoms with Crippen molar-refractivity contribution in [2.75, 3.05) is 18.0 Å². The van der Waals surface area contributed by atoms with Gasteiger partial charge in [0.05, 0.1) is 5.92 Å². The molecule has 1 aliphatic heterocycles. The van der Waals surface area contributed by atoms with Gasteiger partial charge in [-0.3, -0.25) is 9.59 Å². The molecule has 0 aromatic heterocycles. The molecule has 2 amide bonds. The van der Waals surface area contributed by atoms with Crippen LogP contribution in [0.3, 0.4) is 0 Å². The predicted molar refractivity (Wildman–Crippen MR) is 104 cm³/mol. The SMILES string of the molecule is CCc1ccccc1N1CC(C(=O)NCCCc2ccccc2)CC1=O. The molecular formula is C22H26N2O2. The van der Waals surface area contributed by atoms with Crippen LogP contribution in [0.1, 0.15) is 30.9 Å². The van der Waals surface area contributed by atoms with E-state index in [4.69, 9.17) is 0 Å². The minimum Gasteiger partial charge on any atom is -0.356 e. The first-order chi connectivity index (χ1) is 12.7. The van der Waals surface area contributed by atoms with Gasteiger partial charge in [0.2, 0.25) is 11.8 Å². The molecule has 136 valence electrons. The summed E-state index contributed by atoms with van der Waals surface area (Å²) in [6.07, 6.45) is 3.01. The van der Waals surface area contributed by atoms with Crippen molar-refractivity contribution in [2.24, 2.45) is 5.92 Å². The third-order valence-electron chi connectivity index (χ3n) is 4.94. The molecular weight excluding hydrogens is 324 g/mol. The van der Waals surface area contributed by atoms with E-state index in [1.165, 1.54) is 5.56 Å². The van der Waals surface area contributed by atoms with Crippen LogP contribution in [0.5, 0.6) is 0 Å². The van der Waals surface area contributed by atoms with E-state index in [1.54, 1.807) is 4.90 Å². The van der Waals surface area contributed by atoms with Crippen molar-refractivity contribution in [1.82, 2.24) is 5.32 Å². The van der Waals surface area contributed by atoms with Crippen molar-refractivity contribution in [2.45, 2.75) is 32.6 Å². The molecule has 4 nitrogen and oxygen atoms in total. The fourth-order valence-corrected chi connectivity index (χ4v) is 3.48. The number of para-hydroxylation sites is 1. The van der Waals surface area contributed by atoms with Crippen LogP contribution in [0.4, 0.5) is 5.69 Å². The van der Waals surface area contributed by atoms with E-state index in [-0.39, 0.29) is 17.7 Å². The van der Waals surface area contributed by atoms with Gasteiger partial charge < -0.3 is 10.2 Å². The number of nitrogens with zero attached hydrogens (tertiary/aromatic N) is 1. The fourth-order valence-electron chi connectivity index (χ4n) is 3.48. The van der Waals surface area contributed by atoms with Crippen molar-refractivity contribution in [1.29, 1.82) is 0 Å². The minimum absolute atomic E-state index is 0.0112. The molecule has 0 saturated carbocycles. The number of rotatable bonds is 7. The smallest absolute Gasteiger partial charge is 0.227 e. The van der Waals surface area contributed by atoms with Gasteiger partial charge >= 0.3 is 0 Å². The van der Waals surface area contributed by atoms with E-state index in [0.29, 0.717) is 19.5 Å². The lowest BCUT2D eigenvalue weighted by Crippen LogP contribution is -2.33. The summed E-state index contributed by atoms with van der Waals surface area (Å²) >= 11 is 0. The maximum absolute atomic E-state index is 12.4. The molecule has 1 atom stereocenters. The Morgan fingerprint density at radius 1 is 1.12 bits per heavy atom. The highest BCUT2D eigenvalue weighted by Crippen LogP contribution is 2.28. The fraction of sp³-hybridized carbons (Fsp3) is 0.364. The zero-order valence-electron chi connectivity index (χ0n) is 15.3. The lowest BCUT2D eigenvalue weighted by atomic mass is 10.1. The highest BCUT2D eigenvalue weighted by molar-refractivity contribution is 6.00. The highest BCUT2D eigenvalue weighted by atomic mass is 16.2. The van der Waals surface area contributed by atoms with Gasteiger partial charge in [-0.1, -0.05) is 55.5 Å². The van der Waals surface area contributed by atoms with E-state index in [2.05, 4.69) is 24.4 Å². The number of hydrogen-bond donors (Lipinski definition) is 1. The van der Waals surface area contributed by atoms with Gasteiger partial charge in [-0.15, -0.1) is 0 Å². The number of carbonyl (C=O) groups is 2. The van der Waals surface area contributed by atoms with Crippen molar-refractivity contribution in [3.05, 3.63) is 65.7 Å². The number of hydrogen-bond acceptors (Lipinski definition) is 2. The van der Waals surface area contributed by atoms with Crippen LogP contribution in [0.25, 0.3) is 0 Å². The van der Waals surface area contributed by atoms with E-state index in [0.717, 1.165) is 30.5 Å². The Balaban J connectivity index is 1.51. The summed E-state index contributed by atoms with van der Waals surface area (Å²) in [4.78, 5) is 26.6. The normalized spacial score (nSPS) is 16.7. The van der Waals surface area contributed by atoms with E-state index >= 15 is 0 Å². The first kappa shape index (κ1) is 18.2. The van der Waals surface area contributed by atoms with Gasteiger partial charge in [-0.25, -0.2) is 0 Å². The molecule has 1 heterocycles. The summed E-state index contributed by atoms with van der Waals surface area (Å²) in [5, 5.41) is 3.00. The van der Waals surface area contributed by atoms with Crippen molar-refractivity contribution in [3.63, 3.8) is 0 Å². The Hall–Kier alpha value is -2.62. The van der Waals surface area contributed by atoms with Crippen LogP contribution in [0.15, 0.2) is 54.6 Å². The van der Waals surface area contributed by atoms with Crippen molar-refractivity contribution in [3.8, 4) is 0 Å². The zero-order chi connectivity index (χ0) is 18.4. The Morgan fingerprint density at radius 2 is 1.85 bits per heavy atom. The molecule has 4 heteroatoms. The third kappa shape index (κ3) is 4.31. The molecule has 3 rings (SSSR count). The lowest BCUT2D eigenvalue weighted by molar-refractivity contribution is -0.126. The summed E-state index contributed by atoms with van der Waals surface area (Å²) in [5.74, 6) is -0.234. The molecule has 26 heavy (non-hydrogen) atoms. The molecule has 2 aromatic carbocycles. The second-order valence-corrected chi connectivity index (χ2v) is 6.77. The molecule has 0 radical (unpaired) electrons. The molecule has 1 unspecified atom stereocenters. The molecule has 0 aliphatic carbocycles. The molecule has 2 aromatic rings. The summed E-state index contributed by atoms with van der Waals surface area (Å²) in [5.41, 5.74) is 3.37. The van der Waals surface area contributed by atoms with Gasteiger partial charge in [-0.2, -0.15) is 0 Å². The van der Waals surface area contributed by atoms with Crippen LogP contribution >= 0.6 is 0 Å². The largest absolute Gasteiger partial charge is 0.356 e. The molecule has 1 saturated heterocycles. The van der Waals surface area contributed by atoms with Gasteiger partial charge in [-0.05, 0) is 36.5 Å². The molecule has 1 fully saturated rings. The van der Waals surface area contributed by atoms with Crippen LogP contribution in [-0.4, -0.2) is 24.9 Å². The summed E-state index contributed by atoms with van der Waals surface area (Å²) in [7, 11) is 0. The number of aryl methyl sites for hydroxylation is 2. The summed E-state index contributed by atoms with van der Waals surface area (Å²) in [6.45, 7) is 3.20. The van der Waals surface area contributed by atoms with Gasteiger partial charge in [0.15, 0.2) is 0 Å². The van der Waals surface area contributed by atoms with E-state index in [1.807, 2.05) is 42.5 Å². The third-order valence-corrected chi connectivity index (χ3v) is 4.94. The standard InChI is InChI=1S/C22H26N2O2/c1-2-18-12-6-7-13-20(18)24-16-19(15-21(24)25)22(26)23-14-8-11-17-9-4-3-5-10-17/h3-7,9-10,12-13,19H,2,8,11,14-16H2,1H3,(H,23,26). The Labute approximate surface area is 155 Å². The number of anilines is 1. The first-order valence-corrected chi connectivity index (χ1v) is 9.39. The molecule has 1 N–H and O–H groups in total. The molecule has 0 bridgehead atoms. The first-order valence-electron chi connectivity index (χ1n) is 9.39. The maximum atomic E-state index is 12.4. The lowest BCUT2D eigenvalue weighted by Gasteiger charge is -2.20. The monoisotopic (exact) mass is 350 g/mol. The second kappa shape index (κ2) is 8.65. The van der Waals surface area contributed by atoms with Gasteiger partial charge in [0, 0.05) is 25.2 Å². The topological polar surface area (TPSA) is 49.4 Å². The van der Waals surface area contributed by atoms with Gasteiger partial charge in [0.25, 0.3) is 0 Å². The highest BCUT2D eigenvalue weighted by Gasteiger charge is 2.35. The number of nitrogens with one attached hydrogen (secondary N) is 1. The maximum Gasteiger partial charge on any atom is 0.227 e. The Morgan fingerprint density at radius 3 is 2.62 bits per heavy atom. The Kier molecular flexibility index (Phi) is 6.05. The number of carbonyl (C=O) groups excluding carboxylic acids is 2. The summed E-state index contributed by atoms with van der Waals surface area (Å²) < 4.78 is 0. The number of benzene rings is 2. The van der Waals surface area contributed by atoms with Crippen LogP contribution in [0.2, 0.25) is 0 Å². The predicted octanol–water partition coefficient (Wildman–Crippen LogP) is 3.35. The van der Waals surface area contributed by atoms with Crippen molar-refractivity contribution < 1.29 is 9.59 Å². The second-order valence-electron chi connectivity index (χ2n) is 6.77. The molecule has 0 spiro atoms. The van der Waals surface area contributed by atoms with E-state index < -0.39 is 0 Å². The van der Waals surface area contributed by atoms with Crippen LogP contribution in [-0.2, 0) is 22.4 Å². The van der Waals surface area contributed by atoms with Crippen molar-refractivity contribution >= 4 is 17.5 Å². The number of amides is 2. The Bertz CT molecular complexity index is 758.